The number of benzene rings is 3. The summed E-state index contributed by atoms with van der Waals surface area (Å²) < 4.78 is 0. The summed E-state index contributed by atoms with van der Waals surface area (Å²) in [5.74, 6) is -1.14. The molecule has 1 amide bonds. The number of hydrogen-bond acceptors (Lipinski definition) is 7. The van der Waals surface area contributed by atoms with Gasteiger partial charge in [-0.05, 0) is 35.4 Å². The van der Waals surface area contributed by atoms with E-state index >= 15 is 0 Å². The summed E-state index contributed by atoms with van der Waals surface area (Å²) in [5, 5.41) is 12.5. The van der Waals surface area contributed by atoms with Crippen molar-refractivity contribution in [1.82, 2.24) is 15.4 Å². The van der Waals surface area contributed by atoms with Crippen molar-refractivity contribution in [1.29, 1.82) is 0 Å². The van der Waals surface area contributed by atoms with Crippen LogP contribution in [0.2, 0.25) is 5.02 Å². The number of aromatic nitrogens is 2. The number of amides is 1. The molecule has 0 saturated carbocycles. The zero-order valence-electron chi connectivity index (χ0n) is 17.6. The van der Waals surface area contributed by atoms with Crippen LogP contribution < -0.4 is 10.9 Å². The minimum atomic E-state index is -0.626. The quantitative estimate of drug-likeness (QED) is 0.191. The van der Waals surface area contributed by atoms with Crippen molar-refractivity contribution in [3.05, 3.63) is 118 Å². The molecule has 0 fully saturated rings. The SMILES string of the molecule is O=C(NNc1ncnc(Sc2ccc(Cl)cc2)c1[N+](=O)[O-])C(c1ccccc1)c1ccccc1. The molecule has 4 aromatic rings. The van der Waals surface area contributed by atoms with Crippen molar-refractivity contribution in [3.63, 3.8) is 0 Å². The molecule has 0 aliphatic rings. The van der Waals surface area contributed by atoms with Crippen molar-refractivity contribution in [2.24, 2.45) is 0 Å². The van der Waals surface area contributed by atoms with E-state index < -0.39 is 16.7 Å². The fourth-order valence-corrected chi connectivity index (χ4v) is 4.28. The van der Waals surface area contributed by atoms with Gasteiger partial charge in [-0.3, -0.25) is 25.8 Å². The van der Waals surface area contributed by atoms with E-state index in [9.17, 15) is 14.9 Å². The molecular formula is C24H18ClN5O3S. The molecule has 34 heavy (non-hydrogen) atoms. The van der Waals surface area contributed by atoms with Crippen LogP contribution in [-0.2, 0) is 4.79 Å². The van der Waals surface area contributed by atoms with Crippen LogP contribution in [0.3, 0.4) is 0 Å². The van der Waals surface area contributed by atoms with E-state index in [2.05, 4.69) is 20.8 Å². The summed E-state index contributed by atoms with van der Waals surface area (Å²) in [4.78, 5) is 33.2. The summed E-state index contributed by atoms with van der Waals surface area (Å²) in [6.45, 7) is 0. The van der Waals surface area contributed by atoms with Gasteiger partial charge in [0.25, 0.3) is 0 Å². The van der Waals surface area contributed by atoms with Gasteiger partial charge in [0, 0.05) is 9.92 Å². The number of hydrazine groups is 1. The van der Waals surface area contributed by atoms with Gasteiger partial charge in [-0.15, -0.1) is 0 Å². The molecule has 4 rings (SSSR count). The molecule has 8 nitrogen and oxygen atoms in total. The van der Waals surface area contributed by atoms with Crippen LogP contribution in [0.25, 0.3) is 0 Å². The highest BCUT2D eigenvalue weighted by molar-refractivity contribution is 7.99. The number of carbonyl (C=O) groups is 1. The van der Waals surface area contributed by atoms with Gasteiger partial charge in [-0.25, -0.2) is 9.97 Å². The van der Waals surface area contributed by atoms with Crippen LogP contribution in [-0.4, -0.2) is 20.8 Å². The molecule has 0 spiro atoms. The van der Waals surface area contributed by atoms with E-state index in [1.54, 1.807) is 24.3 Å². The molecule has 10 heteroatoms. The second-order valence-corrected chi connectivity index (χ2v) is 8.56. The molecule has 0 saturated heterocycles. The Balaban J connectivity index is 1.59. The molecule has 170 valence electrons. The predicted molar refractivity (Wildman–Crippen MR) is 131 cm³/mol. The first-order chi connectivity index (χ1) is 16.5. The first-order valence-electron chi connectivity index (χ1n) is 10.1. The van der Waals surface area contributed by atoms with Crippen molar-refractivity contribution < 1.29 is 9.72 Å². The largest absolute Gasteiger partial charge is 0.345 e. The maximum atomic E-state index is 13.2. The third-order valence-corrected chi connectivity index (χ3v) is 6.08. The van der Waals surface area contributed by atoms with E-state index in [0.29, 0.717) is 5.02 Å². The molecule has 1 heterocycles. The van der Waals surface area contributed by atoms with E-state index in [0.717, 1.165) is 27.8 Å². The average molecular weight is 492 g/mol. The predicted octanol–water partition coefficient (Wildman–Crippen LogP) is 5.46. The molecule has 0 aliphatic heterocycles. The number of hydrogen-bond donors (Lipinski definition) is 2. The van der Waals surface area contributed by atoms with Gasteiger partial charge in [0.2, 0.25) is 11.7 Å². The number of rotatable bonds is 8. The Morgan fingerprint density at radius 1 is 0.912 bits per heavy atom. The van der Waals surface area contributed by atoms with Crippen molar-refractivity contribution in [3.8, 4) is 0 Å². The maximum Gasteiger partial charge on any atom is 0.345 e. The molecule has 2 N–H and O–H groups in total. The summed E-state index contributed by atoms with van der Waals surface area (Å²) >= 11 is 7.01. The Kier molecular flexibility index (Phi) is 7.36. The second-order valence-electron chi connectivity index (χ2n) is 7.06. The molecule has 0 radical (unpaired) electrons. The lowest BCUT2D eigenvalue weighted by atomic mass is 9.91. The standard InChI is InChI=1S/C24H18ClN5O3S/c25-18-11-13-19(14-12-18)34-24-21(30(32)33)22(26-15-27-24)28-29-23(31)20(16-7-3-1-4-8-16)17-9-5-2-6-10-17/h1-15,20H,(H,29,31)(H,26,27,28). The van der Waals surface area contributed by atoms with Crippen molar-refractivity contribution in [2.75, 3.05) is 5.43 Å². The third kappa shape index (κ3) is 5.51. The second kappa shape index (κ2) is 10.8. The molecule has 1 aromatic heterocycles. The van der Waals surface area contributed by atoms with Crippen molar-refractivity contribution in [2.45, 2.75) is 15.8 Å². The molecule has 0 bridgehead atoms. The smallest absolute Gasteiger partial charge is 0.276 e. The average Bonchev–Trinajstić information content (AvgIpc) is 2.85. The summed E-state index contributed by atoms with van der Waals surface area (Å²) in [5.41, 5.74) is 6.42. The maximum absolute atomic E-state index is 13.2. The Hall–Kier alpha value is -3.95. The molecule has 0 atom stereocenters. The van der Waals surface area contributed by atoms with Crippen molar-refractivity contribution >= 4 is 40.8 Å². The summed E-state index contributed by atoms with van der Waals surface area (Å²) in [7, 11) is 0. The number of nitrogens with zero attached hydrogens (tertiary/aromatic N) is 3. The number of halogens is 1. The van der Waals surface area contributed by atoms with Crippen LogP contribution in [0.15, 0.2) is 101 Å². The number of anilines is 1. The molecule has 0 aliphatic carbocycles. The zero-order valence-corrected chi connectivity index (χ0v) is 19.2. The fourth-order valence-electron chi connectivity index (χ4n) is 3.29. The first kappa shape index (κ1) is 23.2. The Labute approximate surface area is 204 Å². The van der Waals surface area contributed by atoms with Gasteiger partial charge < -0.3 is 0 Å². The molecular weight excluding hydrogens is 474 g/mol. The third-order valence-electron chi connectivity index (χ3n) is 4.83. The van der Waals surface area contributed by atoms with E-state index in [4.69, 9.17) is 11.6 Å². The van der Waals surface area contributed by atoms with Gasteiger partial charge in [-0.2, -0.15) is 0 Å². The topological polar surface area (TPSA) is 110 Å². The van der Waals surface area contributed by atoms with E-state index in [1.807, 2.05) is 60.7 Å². The van der Waals surface area contributed by atoms with E-state index in [-0.39, 0.29) is 16.5 Å². The summed E-state index contributed by atoms with van der Waals surface area (Å²) in [6.07, 6.45) is 1.20. The van der Waals surface area contributed by atoms with Gasteiger partial charge >= 0.3 is 5.69 Å². The van der Waals surface area contributed by atoms with Gasteiger partial charge in [-0.1, -0.05) is 84.0 Å². The van der Waals surface area contributed by atoms with E-state index in [1.165, 1.54) is 6.33 Å². The summed E-state index contributed by atoms with van der Waals surface area (Å²) in [6, 6.07) is 25.4. The minimum Gasteiger partial charge on any atom is -0.276 e. The first-order valence-corrected chi connectivity index (χ1v) is 11.3. The zero-order chi connectivity index (χ0) is 23.9. The van der Waals surface area contributed by atoms with Gasteiger partial charge in [0.05, 0.1) is 10.8 Å². The number of nitro groups is 1. The van der Waals surface area contributed by atoms with Crippen LogP contribution in [0.4, 0.5) is 11.5 Å². The minimum absolute atomic E-state index is 0.121. The Morgan fingerprint density at radius 3 is 2.06 bits per heavy atom. The van der Waals surface area contributed by atoms with Crippen LogP contribution in [0.1, 0.15) is 17.0 Å². The molecule has 3 aromatic carbocycles. The number of nitrogens with one attached hydrogen (secondary N) is 2. The van der Waals surface area contributed by atoms with Gasteiger partial charge in [0.15, 0.2) is 5.03 Å². The number of carbonyl (C=O) groups excluding carboxylic acids is 1. The highest BCUT2D eigenvalue weighted by Gasteiger charge is 2.26. The van der Waals surface area contributed by atoms with Gasteiger partial charge in [0.1, 0.15) is 6.33 Å². The van der Waals surface area contributed by atoms with Crippen LogP contribution in [0.5, 0.6) is 0 Å². The monoisotopic (exact) mass is 491 g/mol. The highest BCUT2D eigenvalue weighted by atomic mass is 35.5. The highest BCUT2D eigenvalue weighted by Crippen LogP contribution is 2.36. The van der Waals surface area contributed by atoms with Crippen LogP contribution in [0, 0.1) is 10.1 Å². The lowest BCUT2D eigenvalue weighted by Crippen LogP contribution is -2.35. The molecule has 0 unspecified atom stereocenters. The normalized spacial score (nSPS) is 10.6. The Bertz CT molecular complexity index is 1250. The van der Waals surface area contributed by atoms with Crippen LogP contribution >= 0.6 is 23.4 Å². The Morgan fingerprint density at radius 2 is 1.50 bits per heavy atom. The lowest BCUT2D eigenvalue weighted by molar-refractivity contribution is -0.387. The fraction of sp³-hybridized carbons (Fsp3) is 0.0417. The lowest BCUT2D eigenvalue weighted by Gasteiger charge is -2.18.